The van der Waals surface area contributed by atoms with Crippen molar-refractivity contribution in [2.45, 2.75) is 31.1 Å². The second-order valence-corrected chi connectivity index (χ2v) is 10.5. The normalized spacial score (nSPS) is 23.3. The molecule has 4 fully saturated rings. The van der Waals surface area contributed by atoms with E-state index in [1.165, 1.54) is 6.20 Å². The van der Waals surface area contributed by atoms with E-state index < -0.39 is 6.50 Å². The fourth-order valence-corrected chi connectivity index (χ4v) is 5.79. The average Bonchev–Trinajstić information content (AvgIpc) is 3.47. The molecule has 4 saturated heterocycles. The summed E-state index contributed by atoms with van der Waals surface area (Å²) in [5.41, 5.74) is 3.01. The number of nitrogens with zero attached hydrogens (tertiary/aromatic N) is 7. The Morgan fingerprint density at radius 1 is 1.15 bits per heavy atom. The quantitative estimate of drug-likeness (QED) is 0.349. The van der Waals surface area contributed by atoms with E-state index in [9.17, 15) is 5.26 Å². The molecule has 1 N–H and O–H groups in total. The summed E-state index contributed by atoms with van der Waals surface area (Å²) in [5.74, 6) is 2.04. The summed E-state index contributed by atoms with van der Waals surface area (Å²) >= 11 is 0. The van der Waals surface area contributed by atoms with Gasteiger partial charge in [0, 0.05) is 53.1 Å². The zero-order valence-electron chi connectivity index (χ0n) is 24.7. The first-order chi connectivity index (χ1) is 20.9. The lowest BCUT2D eigenvalue weighted by Crippen LogP contribution is -2.68. The number of aromatic nitrogens is 4. The van der Waals surface area contributed by atoms with Crippen molar-refractivity contribution in [3.63, 3.8) is 0 Å². The molecule has 0 aliphatic carbocycles. The molecule has 210 valence electrons. The van der Waals surface area contributed by atoms with Gasteiger partial charge < -0.3 is 24.4 Å². The van der Waals surface area contributed by atoms with Crippen molar-refractivity contribution in [3.05, 3.63) is 66.2 Å². The third-order valence-electron chi connectivity index (χ3n) is 7.93. The van der Waals surface area contributed by atoms with Crippen molar-refractivity contribution in [1.29, 1.82) is 5.26 Å². The second kappa shape index (κ2) is 11.0. The zero-order valence-corrected chi connectivity index (χ0v) is 22.7. The number of nitrogens with one attached hydrogen (secondary N) is 1. The van der Waals surface area contributed by atoms with E-state index in [2.05, 4.69) is 21.4 Å². The molecule has 8 rings (SSSR count). The fraction of sp³-hybridized carbons (Fsp3) is 0.400. The Labute approximate surface area is 241 Å². The molecule has 4 aliphatic heterocycles. The van der Waals surface area contributed by atoms with Gasteiger partial charge in [0.15, 0.2) is 0 Å². The molecule has 3 atom stereocenters. The van der Waals surface area contributed by atoms with Crippen LogP contribution < -0.4 is 19.7 Å². The van der Waals surface area contributed by atoms with E-state index in [-0.39, 0.29) is 18.2 Å². The van der Waals surface area contributed by atoms with Crippen LogP contribution in [-0.2, 0) is 11.2 Å². The van der Waals surface area contributed by atoms with Gasteiger partial charge in [-0.3, -0.25) is 9.88 Å². The van der Waals surface area contributed by atoms with Crippen LogP contribution >= 0.6 is 0 Å². The molecule has 1 aromatic carbocycles. The highest BCUT2D eigenvalue weighted by molar-refractivity contribution is 5.83. The minimum atomic E-state index is -1.58. The van der Waals surface area contributed by atoms with E-state index in [0.717, 1.165) is 25.3 Å². The summed E-state index contributed by atoms with van der Waals surface area (Å²) in [6, 6.07) is 11.4. The molecule has 7 heterocycles. The summed E-state index contributed by atoms with van der Waals surface area (Å²) in [4.78, 5) is 13.6. The van der Waals surface area contributed by atoms with Gasteiger partial charge in [0.1, 0.15) is 36.1 Å². The summed E-state index contributed by atoms with van der Waals surface area (Å²) in [7, 11) is 1.60. The Morgan fingerprint density at radius 3 is 2.71 bits per heavy atom. The van der Waals surface area contributed by atoms with E-state index in [1.807, 2.05) is 11.0 Å². The van der Waals surface area contributed by atoms with Crippen LogP contribution in [-0.4, -0.2) is 89.2 Å². The van der Waals surface area contributed by atoms with Crippen molar-refractivity contribution in [3.8, 4) is 28.8 Å². The van der Waals surface area contributed by atoms with Gasteiger partial charge in [-0.1, -0.05) is 12.1 Å². The molecule has 11 heteroatoms. The van der Waals surface area contributed by atoms with E-state index >= 15 is 0 Å². The molecule has 2 unspecified atom stereocenters. The molecule has 41 heavy (non-hydrogen) atoms. The lowest BCUT2D eigenvalue weighted by Gasteiger charge is -2.56. The molecule has 2 bridgehead atoms. The number of piperidine rings is 1. The number of nitriles is 1. The van der Waals surface area contributed by atoms with E-state index in [1.54, 1.807) is 54.5 Å². The Kier molecular flexibility index (Phi) is 6.28. The average molecular weight is 555 g/mol. The number of anilines is 1. The predicted octanol–water partition coefficient (Wildman–Crippen LogP) is 2.50. The highest BCUT2D eigenvalue weighted by Gasteiger charge is 2.44. The largest absolute Gasteiger partial charge is 0.497 e. The molecule has 0 amide bonds. The maximum atomic E-state index is 9.72. The molecule has 11 nitrogen and oxygen atoms in total. The smallest absolute Gasteiger partial charge is 0.147 e. The summed E-state index contributed by atoms with van der Waals surface area (Å²) in [5, 5.41) is 17.4. The van der Waals surface area contributed by atoms with Crippen LogP contribution in [0.1, 0.15) is 20.3 Å². The molecule has 0 saturated carbocycles. The number of ether oxygens (including phenoxy) is 3. The number of morpholine rings is 1. The SMILES string of the molecule is [2H]C([2H])(c1ccc(OC)cc1)N1C2CC1CN(c1cnc(-c3cc(OC[C@H]4CNCCO4)cn4ncc(C#N)c34)cn1)C2. The van der Waals surface area contributed by atoms with Crippen LogP contribution in [0.4, 0.5) is 5.82 Å². The molecule has 4 aromatic rings. The van der Waals surface area contributed by atoms with Gasteiger partial charge in [0.25, 0.3) is 0 Å². The van der Waals surface area contributed by atoms with Gasteiger partial charge in [-0.05, 0) is 30.2 Å². The highest BCUT2D eigenvalue weighted by atomic mass is 16.5. The fourth-order valence-electron chi connectivity index (χ4n) is 5.79. The highest BCUT2D eigenvalue weighted by Crippen LogP contribution is 2.36. The third-order valence-corrected chi connectivity index (χ3v) is 7.93. The molecule has 0 radical (unpaired) electrons. The minimum absolute atomic E-state index is 0.0441. The van der Waals surface area contributed by atoms with Crippen LogP contribution in [0, 0.1) is 11.3 Å². The minimum Gasteiger partial charge on any atom is -0.497 e. The topological polar surface area (TPSA) is 113 Å². The number of pyridine rings is 1. The number of hydrogen-bond acceptors (Lipinski definition) is 10. The Hall–Kier alpha value is -4.24. The maximum Gasteiger partial charge on any atom is 0.147 e. The van der Waals surface area contributed by atoms with Crippen molar-refractivity contribution in [1.82, 2.24) is 29.8 Å². The first-order valence-electron chi connectivity index (χ1n) is 14.8. The number of hydrogen-bond donors (Lipinski definition) is 1. The second-order valence-electron chi connectivity index (χ2n) is 10.5. The number of fused-ring (bicyclic) bond motifs is 3. The summed E-state index contributed by atoms with van der Waals surface area (Å²) < 4.78 is 36.5. The van der Waals surface area contributed by atoms with Crippen molar-refractivity contribution in [2.75, 3.05) is 51.4 Å². The zero-order chi connectivity index (χ0) is 29.6. The van der Waals surface area contributed by atoms with Gasteiger partial charge in [-0.25, -0.2) is 9.50 Å². The molecule has 0 spiro atoms. The third kappa shape index (κ3) is 5.06. The Balaban J connectivity index is 1.09. The number of piperazine rings is 1. The summed E-state index contributed by atoms with van der Waals surface area (Å²) in [6.07, 6.45) is 7.66. The van der Waals surface area contributed by atoms with Crippen molar-refractivity contribution < 1.29 is 17.0 Å². The van der Waals surface area contributed by atoms with Gasteiger partial charge in [-0.15, -0.1) is 0 Å². The van der Waals surface area contributed by atoms with Crippen LogP contribution in [0.3, 0.4) is 0 Å². The molecule has 4 aliphatic rings. The first kappa shape index (κ1) is 23.5. The molecular formula is C30H32N8O3. The van der Waals surface area contributed by atoms with Crippen LogP contribution in [0.15, 0.2) is 55.1 Å². The van der Waals surface area contributed by atoms with Crippen LogP contribution in [0.5, 0.6) is 11.5 Å². The number of methoxy groups -OCH3 is 1. The first-order valence-corrected chi connectivity index (χ1v) is 13.8. The van der Waals surface area contributed by atoms with Crippen molar-refractivity contribution >= 4 is 11.3 Å². The lowest BCUT2D eigenvalue weighted by molar-refractivity contribution is -0.00870. The van der Waals surface area contributed by atoms with Gasteiger partial charge >= 0.3 is 0 Å². The molecular weight excluding hydrogens is 520 g/mol. The lowest BCUT2D eigenvalue weighted by atomic mass is 9.87. The Bertz CT molecular complexity index is 1640. The number of benzene rings is 1. The predicted molar refractivity (Wildman–Crippen MR) is 152 cm³/mol. The maximum absolute atomic E-state index is 9.72. The van der Waals surface area contributed by atoms with Gasteiger partial charge in [-0.2, -0.15) is 10.4 Å². The van der Waals surface area contributed by atoms with Gasteiger partial charge in [0.2, 0.25) is 0 Å². The number of rotatable bonds is 8. The van der Waals surface area contributed by atoms with E-state index in [4.69, 9.17) is 26.9 Å². The standard InChI is InChI=1S/C30H32N8O3/c1-39-24-4-2-20(3-5-24)15-37-22-8-23(37)17-36(16-22)29-14-33-28(13-34-29)27-9-25(41-19-26-12-32-6-7-40-26)18-38-30(27)21(10-31)11-35-38/h2-5,9,11,13-14,18,22-23,26,32H,6-8,12,15-17,19H2,1H3/t22?,23?,26-/m1/s1/i15D2. The Morgan fingerprint density at radius 2 is 2.00 bits per heavy atom. The van der Waals surface area contributed by atoms with E-state index in [0.29, 0.717) is 65.7 Å². The van der Waals surface area contributed by atoms with Crippen LogP contribution in [0.25, 0.3) is 16.8 Å². The summed E-state index contributed by atoms with van der Waals surface area (Å²) in [6.45, 7) is 2.34. The van der Waals surface area contributed by atoms with Crippen molar-refractivity contribution in [2.24, 2.45) is 0 Å². The monoisotopic (exact) mass is 554 g/mol. The van der Waals surface area contributed by atoms with Crippen LogP contribution in [0.2, 0.25) is 0 Å². The molecule has 3 aromatic heterocycles. The van der Waals surface area contributed by atoms with Gasteiger partial charge in [0.05, 0.1) is 55.3 Å².